The molecule has 1 atom stereocenters. The van der Waals surface area contributed by atoms with E-state index in [-0.39, 0.29) is 11.9 Å². The van der Waals surface area contributed by atoms with Crippen molar-refractivity contribution in [2.24, 2.45) is 0 Å². The van der Waals surface area contributed by atoms with Crippen LogP contribution in [0.25, 0.3) is 0 Å². The highest BCUT2D eigenvalue weighted by Crippen LogP contribution is 2.28. The van der Waals surface area contributed by atoms with Gasteiger partial charge in [0.2, 0.25) is 5.82 Å². The van der Waals surface area contributed by atoms with E-state index < -0.39 is 6.09 Å². The first kappa shape index (κ1) is 23.3. The fourth-order valence-corrected chi connectivity index (χ4v) is 4.21. The molecule has 1 aromatic heterocycles. The van der Waals surface area contributed by atoms with E-state index in [1.54, 1.807) is 19.1 Å². The van der Waals surface area contributed by atoms with Crippen LogP contribution in [0, 0.1) is 5.82 Å². The number of amides is 1. The monoisotopic (exact) mass is 491 g/mol. The summed E-state index contributed by atoms with van der Waals surface area (Å²) in [5.41, 5.74) is 0.969. The van der Waals surface area contributed by atoms with Gasteiger partial charge in [-0.3, -0.25) is 10.00 Å². The number of aromatic nitrogens is 3. The van der Waals surface area contributed by atoms with Gasteiger partial charge in [0.25, 0.3) is 0 Å². The van der Waals surface area contributed by atoms with Crippen molar-refractivity contribution in [3.05, 3.63) is 35.7 Å². The number of halogens is 1. The summed E-state index contributed by atoms with van der Waals surface area (Å²) in [5, 5.41) is 10.1. The molecule has 9 nitrogen and oxygen atoms in total. The summed E-state index contributed by atoms with van der Waals surface area (Å²) in [4.78, 5) is 23.3. The van der Waals surface area contributed by atoms with Crippen LogP contribution in [-0.4, -0.2) is 81.5 Å². The second-order valence-corrected chi connectivity index (χ2v) is 8.93. The Morgan fingerprint density at radius 1 is 1.30 bits per heavy atom. The first-order chi connectivity index (χ1) is 15.9. The van der Waals surface area contributed by atoms with Crippen LogP contribution in [0.5, 0.6) is 0 Å². The van der Waals surface area contributed by atoms with E-state index in [2.05, 4.69) is 20.5 Å². The maximum absolute atomic E-state index is 15.0. The smallest absolute Gasteiger partial charge is 0.414 e. The number of aromatic amines is 1. The predicted octanol–water partition coefficient (Wildman–Crippen LogP) is 2.27. The van der Waals surface area contributed by atoms with Crippen LogP contribution in [0.3, 0.4) is 0 Å². The molecule has 2 N–H and O–H groups in total. The van der Waals surface area contributed by atoms with Crippen LogP contribution in [0.4, 0.5) is 20.6 Å². The van der Waals surface area contributed by atoms with E-state index in [4.69, 9.17) is 29.2 Å². The molecule has 1 aromatic carbocycles. The van der Waals surface area contributed by atoms with Gasteiger partial charge in [0.15, 0.2) is 0 Å². The number of nitrogens with one attached hydrogen (secondary N) is 2. The average molecular weight is 492 g/mol. The molecule has 0 spiro atoms. The van der Waals surface area contributed by atoms with Crippen molar-refractivity contribution >= 4 is 51.9 Å². The molecular formula is C21H26FN7O2S2. The number of piperazine rings is 1. The summed E-state index contributed by atoms with van der Waals surface area (Å²) in [6.45, 7) is 7.03. The Labute approximate surface area is 202 Å². The summed E-state index contributed by atoms with van der Waals surface area (Å²) in [5.74, 6) is 0.943. The number of ether oxygens (including phenoxy) is 1. The minimum absolute atomic E-state index is 0.338. The number of hydrogen-bond donors (Lipinski definition) is 2. The van der Waals surface area contributed by atoms with Gasteiger partial charge < -0.3 is 19.9 Å². The molecule has 2 aromatic rings. The van der Waals surface area contributed by atoms with Crippen LogP contribution in [0.15, 0.2) is 18.2 Å². The molecule has 1 amide bonds. The van der Waals surface area contributed by atoms with Crippen molar-refractivity contribution in [3.8, 4) is 0 Å². The number of rotatable bonds is 6. The molecule has 0 bridgehead atoms. The predicted molar refractivity (Wildman–Crippen MR) is 132 cm³/mol. The Hall–Kier alpha value is -2.86. The number of cyclic esters (lactones) is 1. The topological polar surface area (TPSA) is 89.6 Å². The molecule has 0 saturated carbocycles. The standard InChI is InChI=1S/C21H26FN7O2S2/c1-3-18-24-19(26-25-18)20(33)28-8-6-27(7-9-28)17-5-4-14(10-16(17)22)29-12-15(31-21(29)30)11-23-13(2)32/h4-5,10,15H,3,6-9,11-12H2,1-2H3,(H,23,32)(H,24,25,26). The quantitative estimate of drug-likeness (QED) is 0.591. The zero-order chi connectivity index (χ0) is 23.5. The van der Waals surface area contributed by atoms with Gasteiger partial charge in [0, 0.05) is 32.6 Å². The number of benzene rings is 1. The maximum atomic E-state index is 15.0. The molecule has 2 aliphatic rings. The molecule has 0 radical (unpaired) electrons. The van der Waals surface area contributed by atoms with E-state index in [0.717, 1.165) is 12.2 Å². The zero-order valence-electron chi connectivity index (χ0n) is 18.5. The number of nitrogens with zero attached hydrogens (tertiary/aromatic N) is 5. The van der Waals surface area contributed by atoms with Gasteiger partial charge in [-0.05, 0) is 25.1 Å². The summed E-state index contributed by atoms with van der Waals surface area (Å²) < 4.78 is 20.4. The van der Waals surface area contributed by atoms with Gasteiger partial charge in [-0.1, -0.05) is 31.4 Å². The van der Waals surface area contributed by atoms with Gasteiger partial charge in [-0.2, -0.15) is 5.10 Å². The van der Waals surface area contributed by atoms with Crippen molar-refractivity contribution in [3.63, 3.8) is 0 Å². The van der Waals surface area contributed by atoms with Crippen molar-refractivity contribution in [1.29, 1.82) is 0 Å². The number of carbonyl (C=O) groups is 1. The SMILES string of the molecule is CCc1nc(C(=S)N2CCN(c3ccc(N4CC(CNC(C)=S)OC4=O)cc3F)CC2)n[nH]1. The number of aryl methyl sites for hydroxylation is 1. The Balaban J connectivity index is 1.36. The highest BCUT2D eigenvalue weighted by Gasteiger charge is 2.33. The summed E-state index contributed by atoms with van der Waals surface area (Å²) >= 11 is 10.5. The third-order valence-corrected chi connectivity index (χ3v) is 6.25. The first-order valence-electron chi connectivity index (χ1n) is 10.8. The first-order valence-corrected chi connectivity index (χ1v) is 11.6. The Bertz CT molecular complexity index is 1050. The normalized spacial score (nSPS) is 18.5. The zero-order valence-corrected chi connectivity index (χ0v) is 20.1. The lowest BCUT2D eigenvalue weighted by molar-refractivity contribution is 0.143. The van der Waals surface area contributed by atoms with Crippen LogP contribution in [0.1, 0.15) is 25.5 Å². The minimum atomic E-state index is -0.490. The molecule has 1 unspecified atom stereocenters. The fraction of sp³-hybridized carbons (Fsp3) is 0.476. The molecule has 176 valence electrons. The summed E-state index contributed by atoms with van der Waals surface area (Å²) in [6.07, 6.45) is -0.0678. The Morgan fingerprint density at radius 2 is 2.06 bits per heavy atom. The van der Waals surface area contributed by atoms with Crippen LogP contribution in [-0.2, 0) is 11.2 Å². The van der Waals surface area contributed by atoms with E-state index in [1.807, 2.05) is 16.7 Å². The lowest BCUT2D eigenvalue weighted by atomic mass is 10.2. The fourth-order valence-electron chi connectivity index (χ4n) is 3.86. The van der Waals surface area contributed by atoms with E-state index in [1.165, 1.54) is 11.0 Å². The number of anilines is 2. The van der Waals surface area contributed by atoms with Gasteiger partial charge in [0.05, 0.1) is 29.5 Å². The second kappa shape index (κ2) is 9.96. The third kappa shape index (κ3) is 5.22. The van der Waals surface area contributed by atoms with Crippen molar-refractivity contribution in [2.45, 2.75) is 26.4 Å². The average Bonchev–Trinajstić information content (AvgIpc) is 3.44. The molecule has 2 aliphatic heterocycles. The van der Waals surface area contributed by atoms with Crippen molar-refractivity contribution < 1.29 is 13.9 Å². The summed E-state index contributed by atoms with van der Waals surface area (Å²) in [6, 6.07) is 4.84. The third-order valence-electron chi connectivity index (χ3n) is 5.66. The van der Waals surface area contributed by atoms with Crippen molar-refractivity contribution in [2.75, 3.05) is 49.1 Å². The van der Waals surface area contributed by atoms with Gasteiger partial charge in [-0.25, -0.2) is 14.2 Å². The van der Waals surface area contributed by atoms with Crippen LogP contribution >= 0.6 is 24.4 Å². The Kier molecular flexibility index (Phi) is 7.03. The maximum Gasteiger partial charge on any atom is 0.414 e. The lowest BCUT2D eigenvalue weighted by Gasteiger charge is -2.37. The second-order valence-electron chi connectivity index (χ2n) is 7.93. The highest BCUT2D eigenvalue weighted by molar-refractivity contribution is 7.80. The molecule has 4 rings (SSSR count). The highest BCUT2D eigenvalue weighted by atomic mass is 32.1. The lowest BCUT2D eigenvalue weighted by Crippen LogP contribution is -2.49. The van der Waals surface area contributed by atoms with Gasteiger partial charge in [0.1, 0.15) is 22.7 Å². The van der Waals surface area contributed by atoms with Crippen LogP contribution in [0.2, 0.25) is 0 Å². The van der Waals surface area contributed by atoms with E-state index >= 15 is 4.39 Å². The number of thiocarbonyl (C=S) groups is 2. The molecule has 33 heavy (non-hydrogen) atoms. The van der Waals surface area contributed by atoms with Crippen molar-refractivity contribution in [1.82, 2.24) is 25.4 Å². The molecule has 3 heterocycles. The van der Waals surface area contributed by atoms with Gasteiger partial charge in [-0.15, -0.1) is 0 Å². The number of hydrogen-bond acceptors (Lipinski definition) is 7. The van der Waals surface area contributed by atoms with E-state index in [9.17, 15) is 4.79 Å². The molecule has 0 aliphatic carbocycles. The summed E-state index contributed by atoms with van der Waals surface area (Å²) in [7, 11) is 0. The molecular weight excluding hydrogens is 465 g/mol. The largest absolute Gasteiger partial charge is 0.442 e. The van der Waals surface area contributed by atoms with Gasteiger partial charge >= 0.3 is 6.09 Å². The number of H-pyrrole nitrogens is 1. The Morgan fingerprint density at radius 3 is 2.70 bits per heavy atom. The molecule has 2 fully saturated rings. The van der Waals surface area contributed by atoms with E-state index in [0.29, 0.717) is 66.4 Å². The molecule has 12 heteroatoms. The minimum Gasteiger partial charge on any atom is -0.442 e. The van der Waals surface area contributed by atoms with Crippen LogP contribution < -0.4 is 15.1 Å². The molecule has 2 saturated heterocycles. The number of carbonyl (C=O) groups excluding carboxylic acids is 1.